The first kappa shape index (κ1) is 13.2. The lowest BCUT2D eigenvalue weighted by molar-refractivity contribution is -0.142. The Bertz CT molecular complexity index is 204. The van der Waals surface area contributed by atoms with Gasteiger partial charge < -0.3 is 25.5 Å². The Morgan fingerprint density at radius 3 is 2.07 bits per heavy atom. The molecular weight excluding hydrogens is 192 g/mol. The van der Waals surface area contributed by atoms with Crippen LogP contribution in [0, 0.1) is 0 Å². The largest absolute Gasteiger partial charge is 0.394 e. The van der Waals surface area contributed by atoms with Crippen molar-refractivity contribution in [3.05, 3.63) is 12.7 Å². The molecule has 0 spiro atoms. The lowest BCUT2D eigenvalue weighted by Crippen LogP contribution is -2.48. The maximum atomic E-state index is 10.8. The van der Waals surface area contributed by atoms with Crippen LogP contribution in [0.25, 0.3) is 0 Å². The Labute approximate surface area is 80.7 Å². The van der Waals surface area contributed by atoms with Crippen molar-refractivity contribution < 1.29 is 30.3 Å². The van der Waals surface area contributed by atoms with Crippen LogP contribution in [-0.2, 0) is 4.79 Å². The van der Waals surface area contributed by atoms with E-state index in [0.717, 1.165) is 6.08 Å². The Kier molecular flexibility index (Phi) is 5.51. The van der Waals surface area contributed by atoms with Crippen LogP contribution in [0.4, 0.5) is 0 Å². The lowest BCUT2D eigenvalue weighted by Gasteiger charge is -2.23. The van der Waals surface area contributed by atoms with Gasteiger partial charge in [0.15, 0.2) is 5.78 Å². The van der Waals surface area contributed by atoms with Crippen LogP contribution in [0.1, 0.15) is 0 Å². The highest BCUT2D eigenvalue weighted by Gasteiger charge is 2.32. The van der Waals surface area contributed by atoms with Gasteiger partial charge in [0, 0.05) is 0 Å². The fourth-order valence-corrected chi connectivity index (χ4v) is 0.811. The van der Waals surface area contributed by atoms with Crippen molar-refractivity contribution in [3.8, 4) is 0 Å². The van der Waals surface area contributed by atoms with Crippen LogP contribution in [0.5, 0.6) is 0 Å². The molecule has 6 nitrogen and oxygen atoms in total. The minimum atomic E-state index is -1.86. The van der Waals surface area contributed by atoms with Crippen LogP contribution in [0.2, 0.25) is 0 Å². The van der Waals surface area contributed by atoms with Crippen molar-refractivity contribution in [2.45, 2.75) is 24.4 Å². The molecule has 0 heterocycles. The molecule has 0 aromatic rings. The first-order chi connectivity index (χ1) is 6.45. The summed E-state index contributed by atoms with van der Waals surface area (Å²) in [7, 11) is 0. The number of aliphatic hydroxyl groups excluding tert-OH is 5. The normalized spacial score (nSPS) is 19.5. The monoisotopic (exact) mass is 206 g/mol. The van der Waals surface area contributed by atoms with Crippen LogP contribution in [0.3, 0.4) is 0 Å². The number of rotatable bonds is 6. The Morgan fingerprint density at radius 1 is 1.21 bits per heavy atom. The molecule has 0 rings (SSSR count). The molecule has 0 amide bonds. The van der Waals surface area contributed by atoms with Gasteiger partial charge in [-0.2, -0.15) is 0 Å². The Hall–Kier alpha value is -0.790. The summed E-state index contributed by atoms with van der Waals surface area (Å²) in [4.78, 5) is 10.8. The molecule has 0 aliphatic heterocycles. The van der Waals surface area contributed by atoms with E-state index in [2.05, 4.69) is 6.58 Å². The summed E-state index contributed by atoms with van der Waals surface area (Å²) in [6, 6.07) is 0. The Balaban J connectivity index is 4.37. The van der Waals surface area contributed by atoms with E-state index in [4.69, 9.17) is 25.5 Å². The molecular formula is C8H14O6. The molecule has 4 atom stereocenters. The van der Waals surface area contributed by atoms with Gasteiger partial charge in [0.1, 0.15) is 24.4 Å². The van der Waals surface area contributed by atoms with Crippen LogP contribution < -0.4 is 0 Å². The predicted octanol–water partition coefficient (Wildman–Crippen LogP) is -2.82. The first-order valence-corrected chi connectivity index (χ1v) is 3.95. The van der Waals surface area contributed by atoms with Crippen LogP contribution >= 0.6 is 0 Å². The van der Waals surface area contributed by atoms with E-state index < -0.39 is 36.8 Å². The molecule has 0 saturated heterocycles. The van der Waals surface area contributed by atoms with Gasteiger partial charge in [-0.3, -0.25) is 4.79 Å². The van der Waals surface area contributed by atoms with E-state index in [1.54, 1.807) is 0 Å². The quantitative estimate of drug-likeness (QED) is 0.299. The zero-order valence-corrected chi connectivity index (χ0v) is 7.45. The molecule has 0 aromatic heterocycles. The van der Waals surface area contributed by atoms with E-state index in [0.29, 0.717) is 0 Å². The molecule has 0 aliphatic rings. The third-order valence-electron chi connectivity index (χ3n) is 1.75. The molecule has 0 radical (unpaired) electrons. The van der Waals surface area contributed by atoms with Gasteiger partial charge in [-0.15, -0.1) is 0 Å². The topological polar surface area (TPSA) is 118 Å². The fourth-order valence-electron chi connectivity index (χ4n) is 0.811. The average Bonchev–Trinajstić information content (AvgIpc) is 2.23. The molecule has 0 fully saturated rings. The van der Waals surface area contributed by atoms with Gasteiger partial charge in [0.2, 0.25) is 0 Å². The Morgan fingerprint density at radius 2 is 1.71 bits per heavy atom. The zero-order chi connectivity index (χ0) is 11.3. The third kappa shape index (κ3) is 3.17. The van der Waals surface area contributed by atoms with E-state index in [9.17, 15) is 4.79 Å². The summed E-state index contributed by atoms with van der Waals surface area (Å²) in [6.45, 7) is 2.29. The summed E-state index contributed by atoms with van der Waals surface area (Å²) in [6.07, 6.45) is -6.34. The second kappa shape index (κ2) is 5.84. The molecule has 14 heavy (non-hydrogen) atoms. The maximum Gasteiger partial charge on any atom is 0.186 e. The molecule has 82 valence electrons. The predicted molar refractivity (Wildman–Crippen MR) is 46.3 cm³/mol. The van der Waals surface area contributed by atoms with E-state index in [1.165, 1.54) is 0 Å². The van der Waals surface area contributed by atoms with Gasteiger partial charge in [-0.05, 0) is 6.08 Å². The van der Waals surface area contributed by atoms with Crippen molar-refractivity contribution in [2.75, 3.05) is 6.61 Å². The smallest absolute Gasteiger partial charge is 0.186 e. The van der Waals surface area contributed by atoms with Gasteiger partial charge in [0.05, 0.1) is 6.61 Å². The molecule has 6 heteroatoms. The SMILES string of the molecule is C=CC(=O)[C@@H](O)[C@H](O)[C@@H](O)[C@H](O)CO. The highest BCUT2D eigenvalue weighted by Crippen LogP contribution is 2.06. The first-order valence-electron chi connectivity index (χ1n) is 3.95. The van der Waals surface area contributed by atoms with Crippen LogP contribution in [0.15, 0.2) is 12.7 Å². The van der Waals surface area contributed by atoms with Crippen molar-refractivity contribution in [2.24, 2.45) is 0 Å². The van der Waals surface area contributed by atoms with Crippen LogP contribution in [-0.4, -0.2) is 62.3 Å². The van der Waals surface area contributed by atoms with E-state index in [-0.39, 0.29) is 0 Å². The second-order valence-electron chi connectivity index (χ2n) is 2.78. The number of aliphatic hydroxyl groups is 5. The second-order valence-corrected chi connectivity index (χ2v) is 2.78. The lowest BCUT2D eigenvalue weighted by atomic mass is 10.0. The molecule has 0 unspecified atom stereocenters. The highest BCUT2D eigenvalue weighted by atomic mass is 16.4. The number of hydrogen-bond acceptors (Lipinski definition) is 6. The molecule has 0 aliphatic carbocycles. The minimum absolute atomic E-state index is 0.784. The molecule has 0 aromatic carbocycles. The van der Waals surface area contributed by atoms with Crippen molar-refractivity contribution >= 4 is 5.78 Å². The van der Waals surface area contributed by atoms with Crippen molar-refractivity contribution in [1.82, 2.24) is 0 Å². The summed E-state index contributed by atoms with van der Waals surface area (Å²) >= 11 is 0. The summed E-state index contributed by atoms with van der Waals surface area (Å²) in [5.74, 6) is -0.873. The van der Waals surface area contributed by atoms with Crippen molar-refractivity contribution in [1.29, 1.82) is 0 Å². The third-order valence-corrected chi connectivity index (χ3v) is 1.75. The zero-order valence-electron chi connectivity index (χ0n) is 7.45. The molecule has 0 saturated carbocycles. The average molecular weight is 206 g/mol. The summed E-state index contributed by atoms with van der Waals surface area (Å²) in [5.41, 5.74) is 0. The maximum absolute atomic E-state index is 10.8. The summed E-state index contributed by atoms with van der Waals surface area (Å²) < 4.78 is 0. The van der Waals surface area contributed by atoms with Gasteiger partial charge in [0.25, 0.3) is 0 Å². The van der Waals surface area contributed by atoms with Crippen molar-refractivity contribution in [3.63, 3.8) is 0 Å². The van der Waals surface area contributed by atoms with E-state index in [1.807, 2.05) is 0 Å². The number of hydrogen-bond donors (Lipinski definition) is 5. The highest BCUT2D eigenvalue weighted by molar-refractivity contribution is 5.93. The number of carbonyl (C=O) groups is 1. The summed E-state index contributed by atoms with van der Waals surface area (Å²) in [5, 5.41) is 44.6. The van der Waals surface area contributed by atoms with Gasteiger partial charge >= 0.3 is 0 Å². The van der Waals surface area contributed by atoms with Gasteiger partial charge in [-0.25, -0.2) is 0 Å². The molecule has 5 N–H and O–H groups in total. The standard InChI is InChI=1S/C8H14O6/c1-2-4(10)6(12)8(14)7(13)5(11)3-9/h2,5-9,11-14H,1,3H2/t5-,6-,7+,8+/m1/s1. The fraction of sp³-hybridized carbons (Fsp3) is 0.625. The number of ketones is 1. The van der Waals surface area contributed by atoms with E-state index >= 15 is 0 Å². The molecule has 0 bridgehead atoms. The number of carbonyl (C=O) groups excluding carboxylic acids is 1. The van der Waals surface area contributed by atoms with Gasteiger partial charge in [-0.1, -0.05) is 6.58 Å². The minimum Gasteiger partial charge on any atom is -0.394 e.